The van der Waals surface area contributed by atoms with Gasteiger partial charge in [-0.15, -0.1) is 0 Å². The molecule has 5 nitrogen and oxygen atoms in total. The second kappa shape index (κ2) is 5.80. The lowest BCUT2D eigenvalue weighted by atomic mass is 10.1. The molecule has 0 unspecified atom stereocenters. The smallest absolute Gasteiger partial charge is 0.240 e. The van der Waals surface area contributed by atoms with Crippen LogP contribution in [-0.4, -0.2) is 41.2 Å². The summed E-state index contributed by atoms with van der Waals surface area (Å²) < 4.78 is 5.40. The third-order valence-electron chi connectivity index (χ3n) is 4.00. The Morgan fingerprint density at radius 3 is 2.94 bits per heavy atom. The van der Waals surface area contributed by atoms with Crippen molar-refractivity contribution in [2.45, 2.75) is 44.6 Å². The summed E-state index contributed by atoms with van der Waals surface area (Å²) in [4.78, 5) is 6.97. The van der Waals surface area contributed by atoms with Gasteiger partial charge in [0.1, 0.15) is 0 Å². The molecule has 1 aromatic rings. The van der Waals surface area contributed by atoms with E-state index in [2.05, 4.69) is 20.4 Å². The molecular formula is C13H22N4O. The van der Waals surface area contributed by atoms with Gasteiger partial charge in [0.25, 0.3) is 0 Å². The van der Waals surface area contributed by atoms with Crippen LogP contribution in [0.3, 0.4) is 0 Å². The summed E-state index contributed by atoms with van der Waals surface area (Å²) in [6, 6.07) is 0. The minimum atomic E-state index is 0.549. The van der Waals surface area contributed by atoms with Crippen molar-refractivity contribution in [2.24, 2.45) is 0 Å². The Hall–Kier alpha value is -0.940. The topological polar surface area (TPSA) is 54.2 Å². The molecule has 2 aliphatic rings. The molecule has 2 heterocycles. The maximum atomic E-state index is 5.40. The first-order valence-corrected chi connectivity index (χ1v) is 7.17. The lowest BCUT2D eigenvalue weighted by Gasteiger charge is -2.16. The van der Waals surface area contributed by atoms with Gasteiger partial charge in [-0.2, -0.15) is 4.98 Å². The van der Waals surface area contributed by atoms with E-state index in [9.17, 15) is 0 Å². The van der Waals surface area contributed by atoms with Crippen LogP contribution < -0.4 is 5.32 Å². The summed E-state index contributed by atoms with van der Waals surface area (Å²) in [5, 5.41) is 7.56. The summed E-state index contributed by atoms with van der Waals surface area (Å²) in [6.07, 6.45) is 6.28. The second-order valence-corrected chi connectivity index (χ2v) is 5.41. The Bertz CT molecular complexity index is 365. The Morgan fingerprint density at radius 2 is 2.06 bits per heavy atom. The fourth-order valence-electron chi connectivity index (χ4n) is 2.93. The van der Waals surface area contributed by atoms with Gasteiger partial charge in [0, 0.05) is 19.0 Å². The molecule has 18 heavy (non-hydrogen) atoms. The zero-order valence-corrected chi connectivity index (χ0v) is 10.9. The van der Waals surface area contributed by atoms with Gasteiger partial charge in [-0.1, -0.05) is 18.0 Å². The molecule has 1 N–H and O–H groups in total. The van der Waals surface area contributed by atoms with Gasteiger partial charge >= 0.3 is 0 Å². The molecular weight excluding hydrogens is 228 g/mol. The minimum Gasteiger partial charge on any atom is -0.338 e. The van der Waals surface area contributed by atoms with Gasteiger partial charge in [0.05, 0.1) is 6.54 Å². The molecule has 0 atom stereocenters. The number of rotatable bonds is 3. The first-order chi connectivity index (χ1) is 8.92. The largest absolute Gasteiger partial charge is 0.338 e. The van der Waals surface area contributed by atoms with Crippen LogP contribution in [-0.2, 0) is 6.54 Å². The van der Waals surface area contributed by atoms with Crippen molar-refractivity contribution in [2.75, 3.05) is 26.2 Å². The van der Waals surface area contributed by atoms with E-state index >= 15 is 0 Å². The predicted molar refractivity (Wildman–Crippen MR) is 68.3 cm³/mol. The average molecular weight is 250 g/mol. The van der Waals surface area contributed by atoms with E-state index < -0.39 is 0 Å². The first kappa shape index (κ1) is 12.1. The summed E-state index contributed by atoms with van der Waals surface area (Å²) in [5.41, 5.74) is 0. The molecule has 0 aromatic carbocycles. The van der Waals surface area contributed by atoms with Crippen molar-refractivity contribution in [3.63, 3.8) is 0 Å². The molecule has 2 fully saturated rings. The number of nitrogens with zero attached hydrogens (tertiary/aromatic N) is 3. The molecule has 0 radical (unpaired) electrons. The Morgan fingerprint density at radius 1 is 1.17 bits per heavy atom. The number of nitrogens with one attached hydrogen (secondary N) is 1. The molecule has 100 valence electrons. The number of hydrogen-bond acceptors (Lipinski definition) is 5. The number of hydrogen-bond donors (Lipinski definition) is 1. The molecule has 1 saturated carbocycles. The van der Waals surface area contributed by atoms with Crippen molar-refractivity contribution in [1.82, 2.24) is 20.4 Å². The molecule has 0 amide bonds. The Kier molecular flexibility index (Phi) is 3.90. The van der Waals surface area contributed by atoms with Gasteiger partial charge in [-0.3, -0.25) is 4.90 Å². The fourth-order valence-corrected chi connectivity index (χ4v) is 2.93. The fraction of sp³-hybridized carbons (Fsp3) is 0.846. The maximum Gasteiger partial charge on any atom is 0.240 e. The van der Waals surface area contributed by atoms with Crippen molar-refractivity contribution in [3.05, 3.63) is 11.7 Å². The Labute approximate surface area is 108 Å². The van der Waals surface area contributed by atoms with E-state index in [1.54, 1.807) is 0 Å². The maximum absolute atomic E-state index is 5.40. The van der Waals surface area contributed by atoms with E-state index in [4.69, 9.17) is 4.52 Å². The van der Waals surface area contributed by atoms with Crippen LogP contribution in [0.5, 0.6) is 0 Å². The van der Waals surface area contributed by atoms with Crippen LogP contribution in [0.2, 0.25) is 0 Å². The Balaban J connectivity index is 1.58. The zero-order valence-electron chi connectivity index (χ0n) is 10.9. The van der Waals surface area contributed by atoms with Gasteiger partial charge in [0.2, 0.25) is 5.89 Å². The molecule has 1 aliphatic carbocycles. The summed E-state index contributed by atoms with van der Waals surface area (Å²) in [6.45, 7) is 5.17. The van der Waals surface area contributed by atoms with Crippen LogP contribution in [0.4, 0.5) is 0 Å². The quantitative estimate of drug-likeness (QED) is 0.881. The third-order valence-corrected chi connectivity index (χ3v) is 4.00. The zero-order chi connectivity index (χ0) is 12.2. The van der Waals surface area contributed by atoms with Gasteiger partial charge < -0.3 is 9.84 Å². The standard InChI is InChI=1S/C13H22N4O/c1-2-5-11(4-1)13-15-12(18-16-13)10-17-8-3-6-14-7-9-17/h11,14H,1-10H2. The normalized spacial score (nSPS) is 23.3. The monoisotopic (exact) mass is 250 g/mol. The van der Waals surface area contributed by atoms with E-state index in [1.807, 2.05) is 0 Å². The highest BCUT2D eigenvalue weighted by molar-refractivity contribution is 4.97. The molecule has 1 aliphatic heterocycles. The van der Waals surface area contributed by atoms with Gasteiger partial charge in [0.15, 0.2) is 5.82 Å². The van der Waals surface area contributed by atoms with Crippen LogP contribution in [0.1, 0.15) is 49.7 Å². The average Bonchev–Trinajstić information content (AvgIpc) is 2.98. The molecule has 1 saturated heterocycles. The highest BCUT2D eigenvalue weighted by Gasteiger charge is 2.22. The van der Waals surface area contributed by atoms with E-state index in [1.165, 1.54) is 32.1 Å². The molecule has 3 rings (SSSR count). The van der Waals surface area contributed by atoms with Crippen LogP contribution in [0, 0.1) is 0 Å². The van der Waals surface area contributed by atoms with Crippen LogP contribution in [0.15, 0.2) is 4.52 Å². The van der Waals surface area contributed by atoms with Crippen molar-refractivity contribution < 1.29 is 4.52 Å². The van der Waals surface area contributed by atoms with Crippen LogP contribution >= 0.6 is 0 Å². The van der Waals surface area contributed by atoms with Gasteiger partial charge in [-0.25, -0.2) is 0 Å². The van der Waals surface area contributed by atoms with Gasteiger partial charge in [-0.05, 0) is 32.4 Å². The van der Waals surface area contributed by atoms with Crippen molar-refractivity contribution >= 4 is 0 Å². The van der Waals surface area contributed by atoms with E-state index in [0.29, 0.717) is 5.92 Å². The summed E-state index contributed by atoms with van der Waals surface area (Å²) in [7, 11) is 0. The summed E-state index contributed by atoms with van der Waals surface area (Å²) >= 11 is 0. The molecule has 1 aromatic heterocycles. The SMILES string of the molecule is C1CCC(c2noc(CN3CCCNCC3)n2)C1. The second-order valence-electron chi connectivity index (χ2n) is 5.41. The highest BCUT2D eigenvalue weighted by atomic mass is 16.5. The summed E-state index contributed by atoms with van der Waals surface area (Å²) in [5.74, 6) is 2.28. The number of aromatic nitrogens is 2. The molecule has 0 spiro atoms. The molecule has 0 bridgehead atoms. The predicted octanol–water partition coefficient (Wildman–Crippen LogP) is 1.52. The lowest BCUT2D eigenvalue weighted by Crippen LogP contribution is -2.27. The highest BCUT2D eigenvalue weighted by Crippen LogP contribution is 2.32. The first-order valence-electron chi connectivity index (χ1n) is 7.17. The third kappa shape index (κ3) is 2.90. The van der Waals surface area contributed by atoms with Crippen molar-refractivity contribution in [3.8, 4) is 0 Å². The molecule has 5 heteroatoms. The van der Waals surface area contributed by atoms with Crippen molar-refractivity contribution in [1.29, 1.82) is 0 Å². The van der Waals surface area contributed by atoms with E-state index in [-0.39, 0.29) is 0 Å². The minimum absolute atomic E-state index is 0.549. The lowest BCUT2D eigenvalue weighted by molar-refractivity contribution is 0.238. The van der Waals surface area contributed by atoms with E-state index in [0.717, 1.165) is 44.4 Å². The van der Waals surface area contributed by atoms with Crippen LogP contribution in [0.25, 0.3) is 0 Å².